The number of benzene rings is 2. The number of hydrogen-bond acceptors (Lipinski definition) is 4. The molecule has 0 fully saturated rings. The molecular weight excluding hydrogens is 432 g/mol. The molecule has 7 heteroatoms. The number of rotatable bonds is 12. The van der Waals surface area contributed by atoms with Gasteiger partial charge in [0.25, 0.3) is 0 Å². The normalized spacial score (nSPS) is 13.9. The topological polar surface area (TPSA) is 105 Å². The van der Waals surface area contributed by atoms with Crippen LogP contribution in [0.2, 0.25) is 0 Å². The summed E-state index contributed by atoms with van der Waals surface area (Å²) in [7, 11) is 0. The van der Waals surface area contributed by atoms with Crippen LogP contribution in [-0.4, -0.2) is 41.8 Å². The van der Waals surface area contributed by atoms with Gasteiger partial charge < -0.3 is 20.5 Å². The van der Waals surface area contributed by atoms with Gasteiger partial charge in [0, 0.05) is 24.4 Å². The highest BCUT2D eigenvalue weighted by Crippen LogP contribution is 2.44. The lowest BCUT2D eigenvalue weighted by atomic mass is 9.98. The first-order valence-electron chi connectivity index (χ1n) is 12.1. The van der Waals surface area contributed by atoms with Crippen molar-refractivity contribution in [3.8, 4) is 11.1 Å². The molecule has 0 spiro atoms. The van der Waals surface area contributed by atoms with Crippen LogP contribution in [0.4, 0.5) is 4.79 Å². The van der Waals surface area contributed by atoms with E-state index >= 15 is 0 Å². The minimum atomic E-state index is -0.940. The van der Waals surface area contributed by atoms with Crippen LogP contribution in [0.1, 0.15) is 69.4 Å². The van der Waals surface area contributed by atoms with E-state index in [1.54, 1.807) is 0 Å². The zero-order valence-electron chi connectivity index (χ0n) is 19.9. The maximum atomic E-state index is 12.5. The molecule has 0 radical (unpaired) electrons. The van der Waals surface area contributed by atoms with E-state index in [-0.39, 0.29) is 31.3 Å². The number of fused-ring (bicyclic) bond motifs is 3. The van der Waals surface area contributed by atoms with E-state index in [4.69, 9.17) is 9.84 Å². The molecule has 7 nitrogen and oxygen atoms in total. The average molecular weight is 467 g/mol. The fraction of sp³-hybridized carbons (Fsp3) is 0.444. The monoisotopic (exact) mass is 466 g/mol. The van der Waals surface area contributed by atoms with Gasteiger partial charge >= 0.3 is 12.1 Å². The third-order valence-electron chi connectivity index (χ3n) is 6.28. The molecule has 3 N–H and O–H groups in total. The molecule has 1 aliphatic rings. The minimum Gasteiger partial charge on any atom is -0.481 e. The van der Waals surface area contributed by atoms with E-state index in [1.807, 2.05) is 38.1 Å². The van der Waals surface area contributed by atoms with Gasteiger partial charge in [-0.25, -0.2) is 4.79 Å². The third kappa shape index (κ3) is 6.59. The van der Waals surface area contributed by atoms with Gasteiger partial charge in [-0.3, -0.25) is 9.59 Å². The number of nitrogens with one attached hydrogen (secondary N) is 2. The number of carbonyl (C=O) groups is 3. The Morgan fingerprint density at radius 2 is 1.53 bits per heavy atom. The number of unbranched alkanes of at least 4 members (excludes halogenated alkanes) is 1. The van der Waals surface area contributed by atoms with Gasteiger partial charge in [-0.1, -0.05) is 75.2 Å². The maximum Gasteiger partial charge on any atom is 0.407 e. The van der Waals surface area contributed by atoms with E-state index in [0.717, 1.165) is 35.1 Å². The first-order chi connectivity index (χ1) is 16.4. The summed E-state index contributed by atoms with van der Waals surface area (Å²) in [5, 5.41) is 14.7. The third-order valence-corrected chi connectivity index (χ3v) is 6.28. The number of ether oxygens (including phenoxy) is 1. The SMILES string of the molecule is CCCC[C@@H](CC(=O)O)NC(=O)C[C@@H](CC)NC(=O)OCC1c2ccccc2-c2ccccc21. The van der Waals surface area contributed by atoms with Gasteiger partial charge in [-0.15, -0.1) is 0 Å². The van der Waals surface area contributed by atoms with E-state index in [0.29, 0.717) is 12.8 Å². The first-order valence-corrected chi connectivity index (χ1v) is 12.1. The van der Waals surface area contributed by atoms with Crippen molar-refractivity contribution in [2.24, 2.45) is 0 Å². The summed E-state index contributed by atoms with van der Waals surface area (Å²) in [6.45, 7) is 4.11. The number of aliphatic carboxylic acids is 1. The Morgan fingerprint density at radius 1 is 0.912 bits per heavy atom. The second kappa shape index (κ2) is 12.2. The van der Waals surface area contributed by atoms with Gasteiger partial charge in [-0.2, -0.15) is 0 Å². The van der Waals surface area contributed by atoms with Gasteiger partial charge in [0.05, 0.1) is 6.42 Å². The zero-order chi connectivity index (χ0) is 24.5. The Labute approximate surface area is 200 Å². The molecule has 2 aromatic carbocycles. The Kier molecular flexibility index (Phi) is 9.08. The lowest BCUT2D eigenvalue weighted by Crippen LogP contribution is -2.42. The predicted molar refractivity (Wildman–Crippen MR) is 131 cm³/mol. The highest BCUT2D eigenvalue weighted by molar-refractivity contribution is 5.80. The molecule has 0 bridgehead atoms. The highest BCUT2D eigenvalue weighted by Gasteiger charge is 2.29. The number of alkyl carbamates (subject to hydrolysis) is 1. The summed E-state index contributed by atoms with van der Waals surface area (Å²) >= 11 is 0. The molecule has 0 saturated heterocycles. The zero-order valence-corrected chi connectivity index (χ0v) is 19.9. The lowest BCUT2D eigenvalue weighted by molar-refractivity contribution is -0.137. The number of amides is 2. The Morgan fingerprint density at radius 3 is 2.09 bits per heavy atom. The standard InChI is InChI=1S/C27H34N2O5/c1-3-5-10-19(16-26(31)32)28-25(30)15-18(4-2)29-27(33)34-17-24-22-13-8-6-11-20(22)21-12-7-9-14-23(21)24/h6-9,11-14,18-19,24H,3-5,10,15-17H2,1-2H3,(H,28,30)(H,29,33)(H,31,32)/t18-,19+/m1/s1. The number of carboxylic acid groups (broad SMARTS) is 1. The van der Waals surface area contributed by atoms with E-state index in [2.05, 4.69) is 34.9 Å². The van der Waals surface area contributed by atoms with Crippen molar-refractivity contribution >= 4 is 18.0 Å². The fourth-order valence-corrected chi connectivity index (χ4v) is 4.50. The van der Waals surface area contributed by atoms with Gasteiger partial charge in [-0.05, 0) is 35.1 Å². The number of carboxylic acids is 1. The highest BCUT2D eigenvalue weighted by atomic mass is 16.5. The lowest BCUT2D eigenvalue weighted by Gasteiger charge is -2.21. The molecular formula is C27H34N2O5. The van der Waals surface area contributed by atoms with E-state index in [9.17, 15) is 14.4 Å². The van der Waals surface area contributed by atoms with Gasteiger partial charge in [0.1, 0.15) is 6.61 Å². The van der Waals surface area contributed by atoms with Crippen LogP contribution in [0.5, 0.6) is 0 Å². The molecule has 2 amide bonds. The van der Waals surface area contributed by atoms with Crippen molar-refractivity contribution < 1.29 is 24.2 Å². The second-order valence-electron chi connectivity index (χ2n) is 8.78. The van der Waals surface area contributed by atoms with Crippen molar-refractivity contribution in [3.05, 3.63) is 59.7 Å². The van der Waals surface area contributed by atoms with Crippen LogP contribution in [-0.2, 0) is 14.3 Å². The Balaban J connectivity index is 1.53. The number of carbonyl (C=O) groups excluding carboxylic acids is 2. The van der Waals surface area contributed by atoms with Crippen LogP contribution in [0.25, 0.3) is 11.1 Å². The van der Waals surface area contributed by atoms with Crippen LogP contribution in [0.3, 0.4) is 0 Å². The molecule has 34 heavy (non-hydrogen) atoms. The average Bonchev–Trinajstić information content (AvgIpc) is 3.14. The molecule has 3 rings (SSSR count). The summed E-state index contributed by atoms with van der Waals surface area (Å²) in [6, 6.07) is 15.5. The molecule has 2 atom stereocenters. The first kappa shape index (κ1) is 25.3. The molecule has 0 saturated carbocycles. The molecule has 0 aliphatic heterocycles. The van der Waals surface area contributed by atoms with Crippen LogP contribution >= 0.6 is 0 Å². The minimum absolute atomic E-state index is 0.0307. The Bertz CT molecular complexity index is 961. The van der Waals surface area contributed by atoms with Crippen molar-refractivity contribution in [2.45, 2.75) is 70.4 Å². The largest absolute Gasteiger partial charge is 0.481 e. The van der Waals surface area contributed by atoms with Crippen molar-refractivity contribution in [1.29, 1.82) is 0 Å². The van der Waals surface area contributed by atoms with Crippen molar-refractivity contribution in [2.75, 3.05) is 6.61 Å². The summed E-state index contributed by atoms with van der Waals surface area (Å²) in [6.07, 6.45) is 2.34. The summed E-state index contributed by atoms with van der Waals surface area (Å²) in [4.78, 5) is 36.1. The van der Waals surface area contributed by atoms with Crippen molar-refractivity contribution in [1.82, 2.24) is 10.6 Å². The summed E-state index contributed by atoms with van der Waals surface area (Å²) < 4.78 is 5.58. The molecule has 0 aromatic heterocycles. The molecule has 0 unspecified atom stereocenters. The molecule has 2 aromatic rings. The van der Waals surface area contributed by atoms with E-state index in [1.165, 1.54) is 0 Å². The predicted octanol–water partition coefficient (Wildman–Crippen LogP) is 4.84. The smallest absolute Gasteiger partial charge is 0.407 e. The van der Waals surface area contributed by atoms with Crippen LogP contribution in [0.15, 0.2) is 48.5 Å². The molecule has 1 aliphatic carbocycles. The number of hydrogen-bond donors (Lipinski definition) is 3. The summed E-state index contributed by atoms with van der Waals surface area (Å²) in [5.41, 5.74) is 4.60. The molecule has 182 valence electrons. The second-order valence-corrected chi connectivity index (χ2v) is 8.78. The van der Waals surface area contributed by atoms with Gasteiger partial charge in [0.2, 0.25) is 5.91 Å². The van der Waals surface area contributed by atoms with Crippen LogP contribution < -0.4 is 10.6 Å². The fourth-order valence-electron chi connectivity index (χ4n) is 4.50. The summed E-state index contributed by atoms with van der Waals surface area (Å²) in [5.74, 6) is -1.24. The van der Waals surface area contributed by atoms with Crippen LogP contribution in [0, 0.1) is 0 Å². The quantitative estimate of drug-likeness (QED) is 0.415. The maximum absolute atomic E-state index is 12.5. The Hall–Kier alpha value is -3.35. The molecule has 0 heterocycles. The van der Waals surface area contributed by atoms with Crippen molar-refractivity contribution in [3.63, 3.8) is 0 Å². The van der Waals surface area contributed by atoms with E-state index < -0.39 is 24.1 Å². The van der Waals surface area contributed by atoms with Gasteiger partial charge in [0.15, 0.2) is 0 Å².